The summed E-state index contributed by atoms with van der Waals surface area (Å²) in [4.78, 5) is 27.5. The van der Waals surface area contributed by atoms with E-state index in [0.717, 1.165) is 15.6 Å². The van der Waals surface area contributed by atoms with E-state index in [4.69, 9.17) is 0 Å². The van der Waals surface area contributed by atoms with Crippen molar-refractivity contribution in [1.82, 2.24) is 0 Å². The Morgan fingerprint density at radius 1 is 0.931 bits per heavy atom. The summed E-state index contributed by atoms with van der Waals surface area (Å²) >= 11 is 3.42. The summed E-state index contributed by atoms with van der Waals surface area (Å²) in [6, 6.07) is 23.0. The molecule has 0 bridgehead atoms. The number of carbonyl (C=O) groups excluding carboxylic acids is 2. The van der Waals surface area contributed by atoms with Gasteiger partial charge < -0.3 is 5.11 Å². The summed E-state index contributed by atoms with van der Waals surface area (Å²) in [5, 5.41) is 11.0. The lowest BCUT2D eigenvalue weighted by atomic mass is 9.95. The van der Waals surface area contributed by atoms with E-state index in [1.807, 2.05) is 55.5 Å². The number of carbonyl (C=O) groups is 2. The number of ketones is 1. The number of rotatable bonds is 3. The molecular weight excluding hydrogens is 430 g/mol. The predicted molar refractivity (Wildman–Crippen MR) is 117 cm³/mol. The van der Waals surface area contributed by atoms with Crippen molar-refractivity contribution in [3.05, 3.63) is 106 Å². The third kappa shape index (κ3) is 3.49. The molecule has 1 amide bonds. The number of hydrogen-bond donors (Lipinski definition) is 1. The molecule has 0 aliphatic carbocycles. The molecule has 0 spiro atoms. The summed E-state index contributed by atoms with van der Waals surface area (Å²) in [6.07, 6.45) is 0. The molecule has 5 heteroatoms. The van der Waals surface area contributed by atoms with E-state index >= 15 is 0 Å². The summed E-state index contributed by atoms with van der Waals surface area (Å²) in [5.74, 6) is -1.53. The third-order valence-corrected chi connectivity index (χ3v) is 5.46. The van der Waals surface area contributed by atoms with Crippen LogP contribution in [0.25, 0.3) is 5.76 Å². The van der Waals surface area contributed by atoms with E-state index < -0.39 is 17.7 Å². The van der Waals surface area contributed by atoms with Crippen LogP contribution in [0.2, 0.25) is 0 Å². The number of aliphatic hydroxyl groups excluding tert-OH is 1. The Kier molecular flexibility index (Phi) is 5.07. The van der Waals surface area contributed by atoms with E-state index in [0.29, 0.717) is 11.3 Å². The van der Waals surface area contributed by atoms with Crippen molar-refractivity contribution < 1.29 is 14.7 Å². The molecule has 4 rings (SSSR count). The molecular formula is C24H18BrNO3. The molecule has 1 unspecified atom stereocenters. The zero-order valence-electron chi connectivity index (χ0n) is 15.7. The van der Waals surface area contributed by atoms with Gasteiger partial charge in [0, 0.05) is 15.7 Å². The van der Waals surface area contributed by atoms with Crippen LogP contribution in [-0.2, 0) is 9.59 Å². The maximum absolute atomic E-state index is 13.0. The van der Waals surface area contributed by atoms with Crippen LogP contribution in [0.5, 0.6) is 0 Å². The van der Waals surface area contributed by atoms with E-state index in [1.165, 1.54) is 4.90 Å². The highest BCUT2D eigenvalue weighted by Crippen LogP contribution is 2.42. The van der Waals surface area contributed by atoms with Crippen molar-refractivity contribution in [1.29, 1.82) is 0 Å². The number of anilines is 1. The van der Waals surface area contributed by atoms with Crippen molar-refractivity contribution in [2.24, 2.45) is 0 Å². The Bertz CT molecular complexity index is 1120. The zero-order valence-corrected chi connectivity index (χ0v) is 17.3. The van der Waals surface area contributed by atoms with E-state index in [-0.39, 0.29) is 11.3 Å². The normalized spacial score (nSPS) is 18.3. The van der Waals surface area contributed by atoms with Gasteiger partial charge in [0.05, 0.1) is 11.6 Å². The molecule has 3 aromatic carbocycles. The smallest absolute Gasteiger partial charge is 0.300 e. The monoisotopic (exact) mass is 447 g/mol. The van der Waals surface area contributed by atoms with E-state index in [2.05, 4.69) is 15.9 Å². The van der Waals surface area contributed by atoms with Crippen LogP contribution >= 0.6 is 15.9 Å². The Hall–Kier alpha value is -3.18. The Balaban J connectivity index is 1.94. The fourth-order valence-electron chi connectivity index (χ4n) is 3.54. The highest BCUT2D eigenvalue weighted by molar-refractivity contribution is 9.10. The van der Waals surface area contributed by atoms with Gasteiger partial charge in [-0.2, -0.15) is 0 Å². The quantitative estimate of drug-likeness (QED) is 0.332. The molecule has 1 N–H and O–H groups in total. The molecule has 29 heavy (non-hydrogen) atoms. The van der Waals surface area contributed by atoms with Crippen LogP contribution in [0, 0.1) is 6.92 Å². The SMILES string of the molecule is Cc1ccc(/C(O)=C2\C(=O)C(=O)N(c3cccc(Br)c3)C2c2ccccc2)cc1. The highest BCUT2D eigenvalue weighted by Gasteiger charge is 2.46. The van der Waals surface area contributed by atoms with Gasteiger partial charge in [-0.3, -0.25) is 14.5 Å². The van der Waals surface area contributed by atoms with Gasteiger partial charge in [0.25, 0.3) is 11.7 Å². The number of nitrogens with zero attached hydrogens (tertiary/aromatic N) is 1. The number of aliphatic hydroxyl groups is 1. The minimum absolute atomic E-state index is 0.0880. The predicted octanol–water partition coefficient (Wildman–Crippen LogP) is 5.38. The molecule has 1 heterocycles. The van der Waals surface area contributed by atoms with Crippen LogP contribution in [0.15, 0.2) is 88.9 Å². The third-order valence-electron chi connectivity index (χ3n) is 4.97. The van der Waals surface area contributed by atoms with Gasteiger partial charge >= 0.3 is 0 Å². The van der Waals surface area contributed by atoms with Gasteiger partial charge in [0.2, 0.25) is 0 Å². The molecule has 3 aromatic rings. The van der Waals surface area contributed by atoms with Gasteiger partial charge in [-0.05, 0) is 30.7 Å². The van der Waals surface area contributed by atoms with Gasteiger partial charge in [0.1, 0.15) is 5.76 Å². The average Bonchev–Trinajstić information content (AvgIpc) is 2.99. The lowest BCUT2D eigenvalue weighted by molar-refractivity contribution is -0.132. The van der Waals surface area contributed by atoms with Gasteiger partial charge in [-0.15, -0.1) is 0 Å². The number of halogens is 1. The fourth-order valence-corrected chi connectivity index (χ4v) is 3.93. The average molecular weight is 448 g/mol. The molecule has 1 saturated heterocycles. The molecule has 1 aliphatic heterocycles. The maximum Gasteiger partial charge on any atom is 0.300 e. The number of hydrogen-bond acceptors (Lipinski definition) is 3. The molecule has 4 nitrogen and oxygen atoms in total. The van der Waals surface area contributed by atoms with Crippen LogP contribution in [0.4, 0.5) is 5.69 Å². The summed E-state index contributed by atoms with van der Waals surface area (Å²) in [7, 11) is 0. The van der Waals surface area contributed by atoms with Crippen LogP contribution < -0.4 is 4.90 Å². The zero-order chi connectivity index (χ0) is 20.5. The lowest BCUT2D eigenvalue weighted by Gasteiger charge is -2.25. The molecule has 0 aromatic heterocycles. The fraction of sp³-hybridized carbons (Fsp3) is 0.0833. The minimum atomic E-state index is -0.716. The Morgan fingerprint density at radius 3 is 2.28 bits per heavy atom. The van der Waals surface area contributed by atoms with Crippen molar-refractivity contribution >= 4 is 39.1 Å². The van der Waals surface area contributed by atoms with Crippen molar-refractivity contribution in [2.75, 3.05) is 4.90 Å². The van der Waals surface area contributed by atoms with Crippen LogP contribution in [0.3, 0.4) is 0 Å². The Labute approximate surface area is 177 Å². The van der Waals surface area contributed by atoms with Gasteiger partial charge in [-0.25, -0.2) is 0 Å². The molecule has 0 radical (unpaired) electrons. The first-order chi connectivity index (χ1) is 14.0. The van der Waals surface area contributed by atoms with Gasteiger partial charge in [0.15, 0.2) is 0 Å². The van der Waals surface area contributed by atoms with Crippen LogP contribution in [0.1, 0.15) is 22.7 Å². The first-order valence-electron chi connectivity index (χ1n) is 9.16. The molecule has 1 aliphatic rings. The Morgan fingerprint density at radius 2 is 1.62 bits per heavy atom. The number of aryl methyl sites for hydroxylation is 1. The summed E-state index contributed by atoms with van der Waals surface area (Å²) in [5.41, 5.74) is 2.96. The maximum atomic E-state index is 13.0. The van der Waals surface area contributed by atoms with Crippen molar-refractivity contribution in [3.8, 4) is 0 Å². The van der Waals surface area contributed by atoms with Crippen LogP contribution in [-0.4, -0.2) is 16.8 Å². The second-order valence-corrected chi connectivity index (χ2v) is 7.84. The summed E-state index contributed by atoms with van der Waals surface area (Å²) < 4.78 is 0.794. The number of Topliss-reactive ketones (excluding diaryl/α,β-unsaturated/α-hetero) is 1. The number of amides is 1. The standard InChI is InChI=1S/C24H18BrNO3/c1-15-10-12-17(13-11-15)22(27)20-21(16-6-3-2-4-7-16)26(24(29)23(20)28)19-9-5-8-18(25)14-19/h2-14,21,27H,1H3/b22-20+. The topological polar surface area (TPSA) is 57.6 Å². The largest absolute Gasteiger partial charge is 0.507 e. The first kappa shape index (κ1) is 19.2. The van der Waals surface area contributed by atoms with E-state index in [9.17, 15) is 14.7 Å². The first-order valence-corrected chi connectivity index (χ1v) is 9.95. The molecule has 0 saturated carbocycles. The van der Waals surface area contributed by atoms with Gasteiger partial charge in [-0.1, -0.05) is 82.2 Å². The molecule has 1 fully saturated rings. The molecule has 144 valence electrons. The summed E-state index contributed by atoms with van der Waals surface area (Å²) in [6.45, 7) is 1.94. The van der Waals surface area contributed by atoms with E-state index in [1.54, 1.807) is 30.3 Å². The van der Waals surface area contributed by atoms with Crippen molar-refractivity contribution in [2.45, 2.75) is 13.0 Å². The second kappa shape index (κ2) is 7.68. The molecule has 1 atom stereocenters. The highest BCUT2D eigenvalue weighted by atomic mass is 79.9. The minimum Gasteiger partial charge on any atom is -0.507 e. The lowest BCUT2D eigenvalue weighted by Crippen LogP contribution is -2.29. The number of benzene rings is 3. The second-order valence-electron chi connectivity index (χ2n) is 6.93. The van der Waals surface area contributed by atoms with Crippen molar-refractivity contribution in [3.63, 3.8) is 0 Å².